The van der Waals surface area contributed by atoms with E-state index in [4.69, 9.17) is 20.3 Å². The number of unbranched alkanes of at least 4 members (excludes halogenated alkanes) is 1. The van der Waals surface area contributed by atoms with Gasteiger partial charge in [0.1, 0.15) is 18.0 Å². The number of aliphatic carboxylic acids is 1. The molecule has 0 aliphatic carbocycles. The monoisotopic (exact) mass is 418 g/mol. The predicted octanol–water partition coefficient (Wildman–Crippen LogP) is 2.83. The molecule has 30 heavy (non-hydrogen) atoms. The molecule has 4 N–H and O–H groups in total. The molecule has 0 aliphatic rings. The van der Waals surface area contributed by atoms with Crippen molar-refractivity contribution in [1.82, 2.24) is 5.32 Å². The zero-order chi connectivity index (χ0) is 22.6. The maximum atomic E-state index is 12.0. The number of nitrogens with two attached hydrogens (primary N) is 1. The number of primary amides is 1. The number of nitrogens with one attached hydrogen (secondary N) is 1. The predicted molar refractivity (Wildman–Crippen MR) is 112 cm³/mol. The van der Waals surface area contributed by atoms with Crippen molar-refractivity contribution in [2.75, 3.05) is 6.61 Å². The number of carbonyl (C=O) groups is 3. The van der Waals surface area contributed by atoms with E-state index in [-0.39, 0.29) is 19.4 Å². The average molecular weight is 418 g/mol. The molecule has 1 atom stereocenters. The zero-order valence-corrected chi connectivity index (χ0v) is 17.7. The van der Waals surface area contributed by atoms with E-state index in [9.17, 15) is 14.4 Å². The Morgan fingerprint density at radius 3 is 2.60 bits per heavy atom. The van der Waals surface area contributed by atoms with Crippen molar-refractivity contribution in [1.29, 1.82) is 0 Å². The average Bonchev–Trinajstić information content (AvgIpc) is 2.62. The largest absolute Gasteiger partial charge is 0.491 e. The Kier molecular flexibility index (Phi) is 10.2. The molecule has 0 aromatic heterocycles. The minimum absolute atomic E-state index is 0.0924. The van der Waals surface area contributed by atoms with Crippen LogP contribution in [0, 0.1) is 11.8 Å². The summed E-state index contributed by atoms with van der Waals surface area (Å²) in [6, 6.07) is 6.66. The van der Waals surface area contributed by atoms with E-state index in [1.54, 1.807) is 39.0 Å². The van der Waals surface area contributed by atoms with Crippen molar-refractivity contribution in [3.8, 4) is 17.6 Å². The number of hydrogen-bond donors (Lipinski definition) is 3. The molecule has 0 radical (unpaired) electrons. The molecule has 1 aromatic rings. The molecule has 0 spiro atoms. The Morgan fingerprint density at radius 1 is 1.23 bits per heavy atom. The standard InChI is InChI=1S/C22H30N2O6/c1-22(2,3)30-21(28)24-17(12-13-19(23)25)15-29-18-10-7-9-16(14-18)8-5-4-6-11-20(26)27/h7,9-10,14,17H,4,6,11-13,15H2,1-3H3,(H2,23,25)(H,24,28)(H,26,27)/t17-/m0/s1. The first-order chi connectivity index (χ1) is 14.0. The van der Waals surface area contributed by atoms with Gasteiger partial charge in [0, 0.05) is 24.8 Å². The van der Waals surface area contributed by atoms with E-state index in [2.05, 4.69) is 17.2 Å². The number of benzene rings is 1. The van der Waals surface area contributed by atoms with Gasteiger partial charge in [0.05, 0.1) is 6.04 Å². The topological polar surface area (TPSA) is 128 Å². The summed E-state index contributed by atoms with van der Waals surface area (Å²) in [4.78, 5) is 33.6. The van der Waals surface area contributed by atoms with Gasteiger partial charge >= 0.3 is 12.1 Å². The first-order valence-corrected chi connectivity index (χ1v) is 9.76. The second-order valence-corrected chi connectivity index (χ2v) is 7.74. The highest BCUT2D eigenvalue weighted by Gasteiger charge is 2.20. The van der Waals surface area contributed by atoms with Gasteiger partial charge in [-0.25, -0.2) is 4.79 Å². The third-order valence-electron chi connectivity index (χ3n) is 3.67. The third kappa shape index (κ3) is 12.3. The lowest BCUT2D eigenvalue weighted by Gasteiger charge is -2.23. The van der Waals surface area contributed by atoms with Crippen molar-refractivity contribution in [2.45, 2.75) is 64.5 Å². The SMILES string of the molecule is CC(C)(C)OC(=O)N[C@@H](CCC(N)=O)COc1cccc(C#CCCCC(=O)O)c1. The fourth-order valence-corrected chi connectivity index (χ4v) is 2.34. The normalized spacial score (nSPS) is 11.6. The van der Waals surface area contributed by atoms with Crippen molar-refractivity contribution < 1.29 is 29.0 Å². The van der Waals surface area contributed by atoms with Crippen LogP contribution in [0.15, 0.2) is 24.3 Å². The van der Waals surface area contributed by atoms with Crippen LogP contribution in [0.5, 0.6) is 5.75 Å². The number of hydrogen-bond acceptors (Lipinski definition) is 5. The second-order valence-electron chi connectivity index (χ2n) is 7.74. The maximum absolute atomic E-state index is 12.0. The van der Waals surface area contributed by atoms with Crippen molar-refractivity contribution >= 4 is 18.0 Å². The molecule has 0 saturated carbocycles. The number of amides is 2. The van der Waals surface area contributed by atoms with Crippen LogP contribution >= 0.6 is 0 Å². The van der Waals surface area contributed by atoms with Crippen LogP contribution in [-0.2, 0) is 14.3 Å². The Labute approximate surface area is 177 Å². The fraction of sp³-hybridized carbons (Fsp3) is 0.500. The first-order valence-electron chi connectivity index (χ1n) is 9.76. The van der Waals surface area contributed by atoms with E-state index in [0.29, 0.717) is 25.0 Å². The van der Waals surface area contributed by atoms with Gasteiger partial charge in [0.25, 0.3) is 0 Å². The highest BCUT2D eigenvalue weighted by Crippen LogP contribution is 2.14. The second kappa shape index (κ2) is 12.4. The van der Waals surface area contributed by atoms with Gasteiger partial charge in [0.2, 0.25) is 5.91 Å². The van der Waals surface area contributed by atoms with Gasteiger partial charge in [0.15, 0.2) is 0 Å². The quantitative estimate of drug-likeness (QED) is 0.396. The molecule has 0 heterocycles. The number of carboxylic acid groups (broad SMARTS) is 1. The number of ether oxygens (including phenoxy) is 2. The van der Waals surface area contributed by atoms with Gasteiger partial charge in [-0.1, -0.05) is 17.9 Å². The maximum Gasteiger partial charge on any atom is 0.407 e. The lowest BCUT2D eigenvalue weighted by atomic mass is 10.1. The molecule has 0 fully saturated rings. The fourth-order valence-electron chi connectivity index (χ4n) is 2.34. The molecule has 1 rings (SSSR count). The van der Waals surface area contributed by atoms with E-state index in [1.807, 2.05) is 6.07 Å². The molecule has 8 nitrogen and oxygen atoms in total. The van der Waals surface area contributed by atoms with Crippen molar-refractivity contribution in [3.05, 3.63) is 29.8 Å². The molecule has 1 aromatic carbocycles. The molecule has 0 aliphatic heterocycles. The van der Waals surface area contributed by atoms with Gasteiger partial charge < -0.3 is 25.6 Å². The lowest BCUT2D eigenvalue weighted by Crippen LogP contribution is -2.42. The number of carbonyl (C=O) groups excluding carboxylic acids is 2. The highest BCUT2D eigenvalue weighted by molar-refractivity contribution is 5.74. The minimum Gasteiger partial charge on any atom is -0.491 e. The highest BCUT2D eigenvalue weighted by atomic mass is 16.6. The molecule has 2 amide bonds. The molecular weight excluding hydrogens is 388 g/mol. The van der Waals surface area contributed by atoms with E-state index >= 15 is 0 Å². The van der Waals surface area contributed by atoms with E-state index in [1.165, 1.54) is 0 Å². The van der Waals surface area contributed by atoms with Crippen LogP contribution in [0.4, 0.5) is 4.79 Å². The first kappa shape index (κ1) is 24.8. The summed E-state index contributed by atoms with van der Waals surface area (Å²) >= 11 is 0. The van der Waals surface area contributed by atoms with E-state index in [0.717, 1.165) is 5.56 Å². The Hall–Kier alpha value is -3.21. The van der Waals surface area contributed by atoms with Crippen LogP contribution in [0.3, 0.4) is 0 Å². The zero-order valence-electron chi connectivity index (χ0n) is 17.7. The van der Waals surface area contributed by atoms with E-state index < -0.39 is 29.6 Å². The lowest BCUT2D eigenvalue weighted by molar-refractivity contribution is -0.137. The molecule has 164 valence electrons. The summed E-state index contributed by atoms with van der Waals surface area (Å²) in [6.45, 7) is 5.41. The van der Waals surface area contributed by atoms with Crippen LogP contribution < -0.4 is 15.8 Å². The third-order valence-corrected chi connectivity index (χ3v) is 3.67. The smallest absolute Gasteiger partial charge is 0.407 e. The molecular formula is C22H30N2O6. The molecule has 0 bridgehead atoms. The van der Waals surface area contributed by atoms with Crippen molar-refractivity contribution in [3.63, 3.8) is 0 Å². The molecule has 0 saturated heterocycles. The summed E-state index contributed by atoms with van der Waals surface area (Å²) in [6.07, 6.45) is 0.905. The Bertz CT molecular complexity index is 789. The summed E-state index contributed by atoms with van der Waals surface area (Å²) in [5.41, 5.74) is 5.30. The molecule has 0 unspecified atom stereocenters. The van der Waals surface area contributed by atoms with Gasteiger partial charge in [-0.15, -0.1) is 0 Å². The summed E-state index contributed by atoms with van der Waals surface area (Å²) in [7, 11) is 0. The minimum atomic E-state index is -0.835. The number of alkyl carbamates (subject to hydrolysis) is 1. The van der Waals surface area contributed by atoms with Crippen molar-refractivity contribution in [2.24, 2.45) is 5.73 Å². The van der Waals surface area contributed by atoms with Gasteiger partial charge in [-0.2, -0.15) is 0 Å². The summed E-state index contributed by atoms with van der Waals surface area (Å²) in [5, 5.41) is 11.3. The Morgan fingerprint density at radius 2 is 1.97 bits per heavy atom. The van der Waals surface area contributed by atoms with Crippen LogP contribution in [0.25, 0.3) is 0 Å². The van der Waals surface area contributed by atoms with Crippen LogP contribution in [0.2, 0.25) is 0 Å². The van der Waals surface area contributed by atoms with Crippen LogP contribution in [-0.4, -0.2) is 41.3 Å². The number of carboxylic acids is 1. The van der Waals surface area contributed by atoms with Crippen LogP contribution in [0.1, 0.15) is 58.4 Å². The van der Waals surface area contributed by atoms with Gasteiger partial charge in [-0.05, 0) is 51.8 Å². The summed E-state index contributed by atoms with van der Waals surface area (Å²) < 4.78 is 11.0. The summed E-state index contributed by atoms with van der Waals surface area (Å²) in [5.74, 6) is 5.16. The number of rotatable bonds is 10. The molecule has 8 heteroatoms. The van der Waals surface area contributed by atoms with Gasteiger partial charge in [-0.3, -0.25) is 9.59 Å². The Balaban J connectivity index is 2.66.